The second-order valence-corrected chi connectivity index (χ2v) is 8.36. The summed E-state index contributed by atoms with van der Waals surface area (Å²) >= 11 is 0. The van der Waals surface area contributed by atoms with Gasteiger partial charge in [-0.05, 0) is 43.2 Å². The standard InChI is InChI=1S/C24H34N6O2/c1-17-15-30(16-18(2)32-17)22-11-8-20(13-26-22)14-28-24(25-3)27-12-19-6-9-21(10-7-19)23(31)29(4)5/h6-11,13,17-18H,12,14-16H2,1-5H3,(H2,25,27,28). The Bertz CT molecular complexity index is 901. The fraction of sp³-hybridized carbons (Fsp3) is 0.458. The molecule has 3 rings (SSSR count). The SMILES string of the molecule is CN=C(NCc1ccc(C(=O)N(C)C)cc1)NCc1ccc(N2CC(C)OC(C)C2)nc1. The fourth-order valence-corrected chi connectivity index (χ4v) is 3.69. The van der Waals surface area contributed by atoms with Crippen molar-refractivity contribution in [2.24, 2.45) is 4.99 Å². The average Bonchev–Trinajstić information content (AvgIpc) is 2.78. The molecule has 32 heavy (non-hydrogen) atoms. The van der Waals surface area contributed by atoms with E-state index < -0.39 is 0 Å². The summed E-state index contributed by atoms with van der Waals surface area (Å²) < 4.78 is 5.80. The maximum absolute atomic E-state index is 12.0. The Morgan fingerprint density at radius 1 is 1.06 bits per heavy atom. The van der Waals surface area contributed by atoms with E-state index in [9.17, 15) is 4.79 Å². The molecule has 1 aliphatic rings. The predicted octanol–water partition coefficient (Wildman–Crippen LogP) is 2.26. The van der Waals surface area contributed by atoms with Crippen molar-refractivity contribution >= 4 is 17.7 Å². The normalized spacial score (nSPS) is 18.9. The van der Waals surface area contributed by atoms with E-state index in [-0.39, 0.29) is 18.1 Å². The summed E-state index contributed by atoms with van der Waals surface area (Å²) in [4.78, 5) is 24.8. The molecule has 0 radical (unpaired) electrons. The van der Waals surface area contributed by atoms with Gasteiger partial charge in [-0.1, -0.05) is 18.2 Å². The molecule has 8 heteroatoms. The van der Waals surface area contributed by atoms with E-state index in [2.05, 4.69) is 51.5 Å². The number of rotatable bonds is 6. The summed E-state index contributed by atoms with van der Waals surface area (Å²) in [5, 5.41) is 6.62. The summed E-state index contributed by atoms with van der Waals surface area (Å²) in [5.74, 6) is 1.69. The Labute approximate surface area is 190 Å². The smallest absolute Gasteiger partial charge is 0.253 e. The van der Waals surface area contributed by atoms with Crippen molar-refractivity contribution in [3.63, 3.8) is 0 Å². The molecule has 172 valence electrons. The third-order valence-electron chi connectivity index (χ3n) is 5.30. The Morgan fingerprint density at radius 3 is 2.19 bits per heavy atom. The molecule has 2 unspecified atom stereocenters. The lowest BCUT2D eigenvalue weighted by Gasteiger charge is -2.36. The number of hydrogen-bond acceptors (Lipinski definition) is 5. The van der Waals surface area contributed by atoms with Crippen LogP contribution in [0.5, 0.6) is 0 Å². The van der Waals surface area contributed by atoms with E-state index in [1.807, 2.05) is 30.5 Å². The van der Waals surface area contributed by atoms with Gasteiger partial charge in [0.25, 0.3) is 5.91 Å². The Balaban J connectivity index is 1.48. The zero-order valence-corrected chi connectivity index (χ0v) is 19.6. The molecule has 1 amide bonds. The highest BCUT2D eigenvalue weighted by Crippen LogP contribution is 2.18. The van der Waals surface area contributed by atoms with Crippen molar-refractivity contribution < 1.29 is 9.53 Å². The molecule has 2 N–H and O–H groups in total. The monoisotopic (exact) mass is 438 g/mol. The van der Waals surface area contributed by atoms with Crippen molar-refractivity contribution in [3.05, 3.63) is 59.3 Å². The number of hydrogen-bond donors (Lipinski definition) is 2. The quantitative estimate of drug-likeness (QED) is 0.532. The topological polar surface area (TPSA) is 82.1 Å². The van der Waals surface area contributed by atoms with Gasteiger partial charge in [0.15, 0.2) is 5.96 Å². The zero-order chi connectivity index (χ0) is 23.1. The van der Waals surface area contributed by atoms with Crippen LogP contribution < -0.4 is 15.5 Å². The molecule has 2 atom stereocenters. The molecule has 2 heterocycles. The maximum atomic E-state index is 12.0. The first kappa shape index (κ1) is 23.5. The molecule has 1 saturated heterocycles. The molecule has 0 aliphatic carbocycles. The summed E-state index contributed by atoms with van der Waals surface area (Å²) in [6, 6.07) is 11.7. The molecule has 1 fully saturated rings. The van der Waals surface area contributed by atoms with Gasteiger partial charge in [-0.2, -0.15) is 0 Å². The molecule has 1 aliphatic heterocycles. The van der Waals surface area contributed by atoms with Crippen LogP contribution in [0.1, 0.15) is 35.3 Å². The number of nitrogens with one attached hydrogen (secondary N) is 2. The van der Waals surface area contributed by atoms with Crippen LogP contribution in [0.3, 0.4) is 0 Å². The second kappa shape index (κ2) is 10.9. The predicted molar refractivity (Wildman–Crippen MR) is 128 cm³/mol. The molecule has 1 aromatic heterocycles. The third-order valence-corrected chi connectivity index (χ3v) is 5.30. The summed E-state index contributed by atoms with van der Waals surface area (Å²) in [7, 11) is 5.25. The van der Waals surface area contributed by atoms with Crippen LogP contribution in [0.25, 0.3) is 0 Å². The lowest BCUT2D eigenvalue weighted by Crippen LogP contribution is -2.45. The Kier molecular flexibility index (Phi) is 8.05. The van der Waals surface area contributed by atoms with Crippen LogP contribution in [0.2, 0.25) is 0 Å². The lowest BCUT2D eigenvalue weighted by atomic mass is 10.1. The van der Waals surface area contributed by atoms with Gasteiger partial charge in [0.1, 0.15) is 5.82 Å². The first-order valence-corrected chi connectivity index (χ1v) is 11.0. The number of aromatic nitrogens is 1. The molecule has 0 saturated carbocycles. The first-order valence-electron chi connectivity index (χ1n) is 11.0. The number of guanidine groups is 1. The van der Waals surface area contributed by atoms with Crippen LogP contribution in [0, 0.1) is 0 Å². The van der Waals surface area contributed by atoms with Gasteiger partial charge >= 0.3 is 0 Å². The van der Waals surface area contributed by atoms with Crippen molar-refractivity contribution in [2.45, 2.75) is 39.1 Å². The average molecular weight is 439 g/mol. The highest BCUT2D eigenvalue weighted by Gasteiger charge is 2.22. The minimum atomic E-state index is -0.000688. The largest absolute Gasteiger partial charge is 0.372 e. The molecule has 2 aromatic rings. The van der Waals surface area contributed by atoms with Crippen molar-refractivity contribution in [3.8, 4) is 0 Å². The summed E-state index contributed by atoms with van der Waals surface area (Å²) in [6.45, 7) is 7.14. The number of pyridine rings is 1. The summed E-state index contributed by atoms with van der Waals surface area (Å²) in [5.41, 5.74) is 2.83. The maximum Gasteiger partial charge on any atom is 0.253 e. The van der Waals surface area contributed by atoms with Crippen LogP contribution in [0.4, 0.5) is 5.82 Å². The van der Waals surface area contributed by atoms with Gasteiger partial charge in [0.2, 0.25) is 0 Å². The van der Waals surface area contributed by atoms with Crippen molar-refractivity contribution in [1.29, 1.82) is 0 Å². The molecule has 0 spiro atoms. The fourth-order valence-electron chi connectivity index (χ4n) is 3.69. The van der Waals surface area contributed by atoms with E-state index in [0.717, 1.165) is 30.0 Å². The number of nitrogens with zero attached hydrogens (tertiary/aromatic N) is 4. The third kappa shape index (κ3) is 6.43. The highest BCUT2D eigenvalue weighted by atomic mass is 16.5. The van der Waals surface area contributed by atoms with Crippen molar-refractivity contribution in [2.75, 3.05) is 39.1 Å². The van der Waals surface area contributed by atoms with Gasteiger partial charge in [-0.3, -0.25) is 9.79 Å². The van der Waals surface area contributed by atoms with E-state index in [4.69, 9.17) is 4.74 Å². The zero-order valence-electron chi connectivity index (χ0n) is 19.6. The number of aliphatic imine (C=N–C) groups is 1. The number of amides is 1. The van der Waals surface area contributed by atoms with Gasteiger partial charge in [-0.15, -0.1) is 0 Å². The number of carbonyl (C=O) groups excluding carboxylic acids is 1. The van der Waals surface area contributed by atoms with Gasteiger partial charge < -0.3 is 25.2 Å². The first-order chi connectivity index (χ1) is 15.4. The van der Waals surface area contributed by atoms with E-state index in [1.165, 1.54) is 0 Å². The number of benzene rings is 1. The Morgan fingerprint density at radius 2 is 1.66 bits per heavy atom. The number of ether oxygens (including phenoxy) is 1. The molecular formula is C24H34N6O2. The van der Waals surface area contributed by atoms with Crippen LogP contribution in [0.15, 0.2) is 47.6 Å². The molecule has 0 bridgehead atoms. The number of carbonyl (C=O) groups is 1. The highest BCUT2D eigenvalue weighted by molar-refractivity contribution is 5.93. The van der Waals surface area contributed by atoms with Gasteiger partial charge in [0.05, 0.1) is 12.2 Å². The number of morpholine rings is 1. The van der Waals surface area contributed by atoms with Crippen LogP contribution >= 0.6 is 0 Å². The Hall–Kier alpha value is -3.13. The van der Waals surface area contributed by atoms with Crippen LogP contribution in [-0.4, -0.2) is 68.2 Å². The van der Waals surface area contributed by atoms with Gasteiger partial charge in [-0.25, -0.2) is 4.98 Å². The molecular weight excluding hydrogens is 404 g/mol. The molecule has 1 aromatic carbocycles. The van der Waals surface area contributed by atoms with E-state index in [0.29, 0.717) is 24.6 Å². The molecule has 8 nitrogen and oxygen atoms in total. The minimum absolute atomic E-state index is 0.000688. The van der Waals surface area contributed by atoms with Crippen molar-refractivity contribution in [1.82, 2.24) is 20.5 Å². The van der Waals surface area contributed by atoms with Gasteiger partial charge in [0, 0.05) is 59.1 Å². The lowest BCUT2D eigenvalue weighted by molar-refractivity contribution is -0.00546. The minimum Gasteiger partial charge on any atom is -0.372 e. The number of anilines is 1. The van der Waals surface area contributed by atoms with E-state index in [1.54, 1.807) is 26.0 Å². The van der Waals surface area contributed by atoms with E-state index >= 15 is 0 Å². The second-order valence-electron chi connectivity index (χ2n) is 8.36. The summed E-state index contributed by atoms with van der Waals surface area (Å²) in [6.07, 6.45) is 2.32. The van der Waals surface area contributed by atoms with Crippen LogP contribution in [-0.2, 0) is 17.8 Å².